The molecule has 36 heavy (non-hydrogen) atoms. The molecule has 1 N–H and O–H groups in total. The van der Waals surface area contributed by atoms with E-state index in [-0.39, 0.29) is 47.0 Å². The van der Waals surface area contributed by atoms with Gasteiger partial charge in [-0.2, -0.15) is 0 Å². The van der Waals surface area contributed by atoms with Gasteiger partial charge in [0, 0.05) is 12.0 Å². The lowest BCUT2D eigenvalue weighted by Gasteiger charge is -2.20. The largest absolute Gasteiger partial charge is 0.507 e. The molecule has 2 atom stereocenters. The highest BCUT2D eigenvalue weighted by atomic mass is 35.5. The fraction of sp³-hybridized carbons (Fsp3) is 0.536. The molecule has 0 spiro atoms. The fourth-order valence-corrected chi connectivity index (χ4v) is 4.24. The molecule has 2 unspecified atom stereocenters. The van der Waals surface area contributed by atoms with Gasteiger partial charge in [-0.25, -0.2) is 4.79 Å². The van der Waals surface area contributed by atoms with Crippen molar-refractivity contribution in [2.24, 2.45) is 0 Å². The third-order valence-electron chi connectivity index (χ3n) is 6.43. The number of esters is 1. The number of rotatable bonds is 11. The molecule has 0 amide bonds. The van der Waals surface area contributed by atoms with Gasteiger partial charge in [0.1, 0.15) is 17.1 Å². The summed E-state index contributed by atoms with van der Waals surface area (Å²) in [6, 6.07) is 0. The zero-order valence-electron chi connectivity index (χ0n) is 22.2. The topological polar surface area (TPSA) is 99.1 Å². The molecule has 0 bridgehead atoms. The van der Waals surface area contributed by atoms with Crippen molar-refractivity contribution in [1.29, 1.82) is 0 Å². The van der Waals surface area contributed by atoms with Gasteiger partial charge in [-0.3, -0.25) is 9.59 Å². The van der Waals surface area contributed by atoms with Crippen molar-refractivity contribution in [3.05, 3.63) is 45.0 Å². The van der Waals surface area contributed by atoms with E-state index in [2.05, 4.69) is 6.08 Å². The molecule has 2 rings (SSSR count). The molecule has 1 aromatic carbocycles. The maximum Gasteiger partial charge on any atom is 0.347 e. The number of ether oxygens (including phenoxy) is 3. The Balaban J connectivity index is 2.19. The van der Waals surface area contributed by atoms with E-state index in [1.54, 1.807) is 27.7 Å². The highest BCUT2D eigenvalue weighted by Crippen LogP contribution is 2.42. The molecule has 0 radical (unpaired) electrons. The average molecular weight is 521 g/mol. The van der Waals surface area contributed by atoms with Crippen molar-refractivity contribution in [1.82, 2.24) is 0 Å². The lowest BCUT2D eigenvalue weighted by molar-refractivity contribution is -0.150. The zero-order chi connectivity index (χ0) is 27.2. The van der Waals surface area contributed by atoms with E-state index in [0.717, 1.165) is 24.0 Å². The third kappa shape index (κ3) is 6.98. The van der Waals surface area contributed by atoms with Crippen molar-refractivity contribution >= 4 is 29.6 Å². The number of aromatic hydroxyl groups is 1. The second kappa shape index (κ2) is 12.5. The Bertz CT molecular complexity index is 1070. The fourth-order valence-electron chi connectivity index (χ4n) is 3.98. The number of phenols is 1. The highest BCUT2D eigenvalue weighted by Gasteiger charge is 2.40. The average Bonchev–Trinajstić information content (AvgIpc) is 3.09. The van der Waals surface area contributed by atoms with Crippen LogP contribution in [0, 0.1) is 6.92 Å². The number of carbonyl (C=O) groups excluding carboxylic acids is 3. The number of hydrogen-bond acceptors (Lipinski definition) is 7. The van der Waals surface area contributed by atoms with Crippen molar-refractivity contribution in [2.45, 2.75) is 92.0 Å². The molecule has 8 heteroatoms. The molecule has 1 heterocycles. The quantitative estimate of drug-likeness (QED) is 0.222. The van der Waals surface area contributed by atoms with E-state index in [1.807, 2.05) is 19.9 Å². The lowest BCUT2D eigenvalue weighted by Crippen LogP contribution is -2.27. The van der Waals surface area contributed by atoms with Gasteiger partial charge >= 0.3 is 5.97 Å². The molecular weight excluding hydrogens is 484 g/mol. The SMILES string of the molecule is CCOC(=O)C(C)Oc1c(Cl)c(C)c(C=O)c(O)c1C/C=C(\C)CC/C=C(\C)C1CC(=O)C(C)(C)O1. The summed E-state index contributed by atoms with van der Waals surface area (Å²) in [6.45, 7) is 12.6. The van der Waals surface area contributed by atoms with Crippen LogP contribution in [0.5, 0.6) is 11.5 Å². The van der Waals surface area contributed by atoms with Crippen LogP contribution in [-0.4, -0.2) is 47.6 Å². The molecule has 1 saturated heterocycles. The van der Waals surface area contributed by atoms with Crippen LogP contribution in [0.25, 0.3) is 0 Å². The minimum absolute atomic E-state index is 0.0878. The summed E-state index contributed by atoms with van der Waals surface area (Å²) in [6.07, 6.45) is 5.57. The second-order valence-corrected chi connectivity index (χ2v) is 10.0. The molecule has 1 aliphatic rings. The monoisotopic (exact) mass is 520 g/mol. The number of allylic oxidation sites excluding steroid dienone is 3. The number of benzene rings is 1. The summed E-state index contributed by atoms with van der Waals surface area (Å²) in [5.74, 6) is -0.508. The van der Waals surface area contributed by atoms with E-state index in [4.69, 9.17) is 25.8 Å². The first kappa shape index (κ1) is 29.6. The predicted octanol–water partition coefficient (Wildman–Crippen LogP) is 5.85. The van der Waals surface area contributed by atoms with E-state index >= 15 is 0 Å². The van der Waals surface area contributed by atoms with E-state index < -0.39 is 17.7 Å². The van der Waals surface area contributed by atoms with Gasteiger partial charge in [0.05, 0.1) is 23.3 Å². The van der Waals surface area contributed by atoms with Crippen molar-refractivity contribution in [3.8, 4) is 11.5 Å². The predicted molar refractivity (Wildman–Crippen MR) is 139 cm³/mol. The number of Topliss-reactive ketones (excluding diaryl/α,β-unsaturated/α-hetero) is 1. The van der Waals surface area contributed by atoms with E-state index in [0.29, 0.717) is 23.8 Å². The third-order valence-corrected chi connectivity index (χ3v) is 6.88. The number of carbonyl (C=O) groups is 3. The molecule has 1 aromatic rings. The van der Waals surface area contributed by atoms with Crippen LogP contribution >= 0.6 is 11.6 Å². The van der Waals surface area contributed by atoms with Gasteiger partial charge in [-0.05, 0) is 78.9 Å². The van der Waals surface area contributed by atoms with Crippen LogP contribution in [0.2, 0.25) is 5.02 Å². The van der Waals surface area contributed by atoms with Crippen LogP contribution in [0.1, 0.15) is 82.3 Å². The first-order valence-electron chi connectivity index (χ1n) is 12.2. The van der Waals surface area contributed by atoms with E-state index in [1.165, 1.54) is 6.92 Å². The van der Waals surface area contributed by atoms with E-state index in [9.17, 15) is 19.5 Å². The van der Waals surface area contributed by atoms with Gasteiger partial charge in [-0.1, -0.05) is 29.3 Å². The molecule has 198 valence electrons. The number of ketones is 1. The van der Waals surface area contributed by atoms with Crippen LogP contribution in [0.15, 0.2) is 23.3 Å². The summed E-state index contributed by atoms with van der Waals surface area (Å²) in [5, 5.41) is 11.0. The zero-order valence-corrected chi connectivity index (χ0v) is 23.0. The number of hydrogen-bond donors (Lipinski definition) is 1. The Morgan fingerprint density at radius 1 is 1.31 bits per heavy atom. The van der Waals surface area contributed by atoms with Crippen LogP contribution in [0.4, 0.5) is 0 Å². The van der Waals surface area contributed by atoms with Gasteiger partial charge in [0.2, 0.25) is 0 Å². The maximum atomic E-state index is 12.1. The van der Waals surface area contributed by atoms with Crippen LogP contribution in [0.3, 0.4) is 0 Å². The Kier molecular flexibility index (Phi) is 10.3. The molecule has 0 aliphatic carbocycles. The summed E-state index contributed by atoms with van der Waals surface area (Å²) < 4.78 is 16.7. The van der Waals surface area contributed by atoms with Crippen molar-refractivity contribution in [3.63, 3.8) is 0 Å². The Hall–Kier alpha value is -2.64. The molecule has 0 saturated carbocycles. The van der Waals surface area contributed by atoms with Gasteiger partial charge in [-0.15, -0.1) is 0 Å². The molecule has 0 aromatic heterocycles. The highest BCUT2D eigenvalue weighted by molar-refractivity contribution is 6.33. The van der Waals surface area contributed by atoms with Crippen LogP contribution in [-0.2, 0) is 25.5 Å². The first-order chi connectivity index (χ1) is 16.8. The molecule has 7 nitrogen and oxygen atoms in total. The van der Waals surface area contributed by atoms with Gasteiger partial charge < -0.3 is 19.3 Å². The smallest absolute Gasteiger partial charge is 0.347 e. The molecule has 1 aliphatic heterocycles. The maximum absolute atomic E-state index is 12.1. The van der Waals surface area contributed by atoms with Crippen LogP contribution < -0.4 is 4.74 Å². The van der Waals surface area contributed by atoms with Crippen molar-refractivity contribution < 1.29 is 33.7 Å². The number of aldehydes is 1. The number of halogens is 1. The Morgan fingerprint density at radius 3 is 2.53 bits per heavy atom. The Morgan fingerprint density at radius 2 is 1.97 bits per heavy atom. The minimum Gasteiger partial charge on any atom is -0.507 e. The molecular formula is C28H37ClO7. The van der Waals surface area contributed by atoms with Crippen molar-refractivity contribution in [2.75, 3.05) is 6.61 Å². The summed E-state index contributed by atoms with van der Waals surface area (Å²) in [5.41, 5.74) is 2.13. The number of phenolic OH excluding ortho intramolecular Hbond substituents is 1. The Labute approximate surface area is 218 Å². The second-order valence-electron chi connectivity index (χ2n) is 9.62. The molecule has 1 fully saturated rings. The summed E-state index contributed by atoms with van der Waals surface area (Å²) >= 11 is 6.49. The normalized spacial score (nSPS) is 18.8. The minimum atomic E-state index is -0.949. The lowest BCUT2D eigenvalue weighted by atomic mass is 9.98. The summed E-state index contributed by atoms with van der Waals surface area (Å²) in [4.78, 5) is 35.7. The standard InChI is InChI=1S/C28H37ClO7/c1-8-34-27(33)19(5)35-26-20(25(32)21(15-30)18(4)24(26)29)13-12-16(2)10-9-11-17(3)22-14-23(31)28(6,7)36-22/h11-12,15,19,22,32H,8-10,13-14H2,1-7H3/b16-12+,17-11+. The first-order valence-corrected chi connectivity index (χ1v) is 12.6. The summed E-state index contributed by atoms with van der Waals surface area (Å²) in [7, 11) is 0. The van der Waals surface area contributed by atoms with Gasteiger partial charge in [0.25, 0.3) is 0 Å². The van der Waals surface area contributed by atoms with Gasteiger partial charge in [0.15, 0.2) is 18.2 Å².